The van der Waals surface area contributed by atoms with E-state index in [0.29, 0.717) is 68.0 Å². The number of para-hydroxylation sites is 1. The molecule has 2 aliphatic heterocycles. The number of rotatable bonds is 4. The lowest BCUT2D eigenvalue weighted by Gasteiger charge is -2.34. The van der Waals surface area contributed by atoms with E-state index in [2.05, 4.69) is 10.5 Å². The molecule has 9 heteroatoms. The van der Waals surface area contributed by atoms with Gasteiger partial charge >= 0.3 is 0 Å². The van der Waals surface area contributed by atoms with Crippen molar-refractivity contribution >= 4 is 17.6 Å². The van der Waals surface area contributed by atoms with Gasteiger partial charge in [-0.25, -0.2) is 0 Å². The normalized spacial score (nSPS) is 16.7. The summed E-state index contributed by atoms with van der Waals surface area (Å²) in [6.45, 7) is 5.24. The van der Waals surface area contributed by atoms with Crippen LogP contribution in [0.5, 0.6) is 11.5 Å². The molecule has 28 heavy (non-hydrogen) atoms. The summed E-state index contributed by atoms with van der Waals surface area (Å²) < 4.78 is 16.1. The average molecular weight is 386 g/mol. The van der Waals surface area contributed by atoms with Gasteiger partial charge in [0.05, 0.1) is 12.1 Å². The summed E-state index contributed by atoms with van der Waals surface area (Å²) in [7, 11) is 0. The fourth-order valence-corrected chi connectivity index (χ4v) is 3.33. The van der Waals surface area contributed by atoms with Crippen molar-refractivity contribution < 1.29 is 23.6 Å². The number of aryl methyl sites for hydroxylation is 1. The van der Waals surface area contributed by atoms with Gasteiger partial charge in [0.2, 0.25) is 5.91 Å². The summed E-state index contributed by atoms with van der Waals surface area (Å²) in [6, 6.07) is 7.03. The van der Waals surface area contributed by atoms with Crippen molar-refractivity contribution in [3.63, 3.8) is 0 Å². The van der Waals surface area contributed by atoms with Gasteiger partial charge in [0, 0.05) is 32.2 Å². The molecule has 1 aromatic carbocycles. The predicted octanol–water partition coefficient (Wildman–Crippen LogP) is 1.15. The molecule has 1 fully saturated rings. The number of piperazine rings is 1. The van der Waals surface area contributed by atoms with Gasteiger partial charge in [-0.2, -0.15) is 0 Å². The summed E-state index contributed by atoms with van der Waals surface area (Å²) >= 11 is 0. The number of benzene rings is 1. The van der Waals surface area contributed by atoms with Gasteiger partial charge in [0.25, 0.3) is 5.91 Å². The highest BCUT2D eigenvalue weighted by molar-refractivity contribution is 5.98. The number of nitrogens with zero attached hydrogens (tertiary/aromatic N) is 3. The summed E-state index contributed by atoms with van der Waals surface area (Å²) in [4.78, 5) is 28.8. The number of carbonyl (C=O) groups excluding carboxylic acids is 2. The first-order chi connectivity index (χ1) is 13.6. The highest BCUT2D eigenvalue weighted by Crippen LogP contribution is 2.34. The number of hydrogen-bond donors (Lipinski definition) is 1. The van der Waals surface area contributed by atoms with Crippen LogP contribution in [0.3, 0.4) is 0 Å². The molecule has 0 spiro atoms. The Hall–Kier alpha value is -3.07. The fourth-order valence-electron chi connectivity index (χ4n) is 3.33. The van der Waals surface area contributed by atoms with Crippen molar-refractivity contribution in [2.24, 2.45) is 0 Å². The van der Waals surface area contributed by atoms with Crippen molar-refractivity contribution in [1.82, 2.24) is 15.0 Å². The first-order valence-corrected chi connectivity index (χ1v) is 9.23. The third-order valence-corrected chi connectivity index (χ3v) is 4.72. The Morgan fingerprint density at radius 2 is 1.93 bits per heavy atom. The minimum absolute atomic E-state index is 0.0791. The van der Waals surface area contributed by atoms with E-state index in [0.717, 1.165) is 0 Å². The molecule has 9 nitrogen and oxygen atoms in total. The van der Waals surface area contributed by atoms with Crippen LogP contribution >= 0.6 is 0 Å². The van der Waals surface area contributed by atoms with Crippen molar-refractivity contribution in [1.29, 1.82) is 0 Å². The molecule has 0 unspecified atom stereocenters. The van der Waals surface area contributed by atoms with E-state index < -0.39 is 0 Å². The van der Waals surface area contributed by atoms with E-state index >= 15 is 0 Å². The molecule has 0 bridgehead atoms. The van der Waals surface area contributed by atoms with Crippen LogP contribution in [0.4, 0.5) is 5.82 Å². The van der Waals surface area contributed by atoms with Crippen molar-refractivity contribution in [2.75, 3.05) is 51.3 Å². The van der Waals surface area contributed by atoms with Gasteiger partial charge in [-0.1, -0.05) is 11.2 Å². The Bertz CT molecular complexity index is 873. The molecule has 0 radical (unpaired) electrons. The van der Waals surface area contributed by atoms with Gasteiger partial charge in [-0.05, 0) is 19.1 Å². The van der Waals surface area contributed by atoms with Crippen molar-refractivity contribution in [3.05, 3.63) is 35.6 Å². The second kappa shape index (κ2) is 7.89. The summed E-state index contributed by atoms with van der Waals surface area (Å²) in [6.07, 6.45) is 0. The van der Waals surface area contributed by atoms with Crippen LogP contribution in [0.25, 0.3) is 0 Å². The highest BCUT2D eigenvalue weighted by atomic mass is 16.6. The van der Waals surface area contributed by atoms with E-state index in [4.69, 9.17) is 14.0 Å². The van der Waals surface area contributed by atoms with Crippen LogP contribution in [0, 0.1) is 6.92 Å². The molecule has 4 rings (SSSR count). The Balaban J connectivity index is 1.32. The Morgan fingerprint density at radius 3 is 2.68 bits per heavy atom. The number of nitrogens with one attached hydrogen (secondary N) is 1. The Labute approximate surface area is 162 Å². The van der Waals surface area contributed by atoms with Gasteiger partial charge in [-0.15, -0.1) is 0 Å². The van der Waals surface area contributed by atoms with Gasteiger partial charge in [0.1, 0.15) is 19.0 Å². The number of carbonyl (C=O) groups is 2. The van der Waals surface area contributed by atoms with E-state index in [1.807, 2.05) is 4.90 Å². The summed E-state index contributed by atoms with van der Waals surface area (Å²) in [5.74, 6) is 1.94. The number of fused-ring (bicyclic) bond motifs is 1. The third-order valence-electron chi connectivity index (χ3n) is 4.72. The molecule has 2 aliphatic rings. The van der Waals surface area contributed by atoms with Crippen LogP contribution in [0.2, 0.25) is 0 Å². The second-order valence-electron chi connectivity index (χ2n) is 6.77. The minimum atomic E-state index is -0.157. The number of ether oxygens (including phenoxy) is 2. The molecule has 1 saturated heterocycles. The van der Waals surface area contributed by atoms with Gasteiger partial charge in [-0.3, -0.25) is 14.5 Å². The Kier molecular flexibility index (Phi) is 5.16. The van der Waals surface area contributed by atoms with Crippen LogP contribution in [0.15, 0.2) is 28.8 Å². The van der Waals surface area contributed by atoms with E-state index in [1.54, 1.807) is 36.1 Å². The van der Waals surface area contributed by atoms with Crippen molar-refractivity contribution in [2.45, 2.75) is 6.92 Å². The van der Waals surface area contributed by atoms with Gasteiger partial charge < -0.3 is 24.2 Å². The highest BCUT2D eigenvalue weighted by Gasteiger charge is 2.27. The zero-order valence-corrected chi connectivity index (χ0v) is 15.6. The van der Waals surface area contributed by atoms with E-state index in [-0.39, 0.29) is 18.4 Å². The maximum Gasteiger partial charge on any atom is 0.257 e. The van der Waals surface area contributed by atoms with Crippen LogP contribution in [-0.4, -0.2) is 72.7 Å². The average Bonchev–Trinajstić information content (AvgIpc) is 3.12. The monoisotopic (exact) mass is 386 g/mol. The molecule has 3 heterocycles. The maximum atomic E-state index is 12.9. The molecular weight excluding hydrogens is 364 g/mol. The maximum absolute atomic E-state index is 12.9. The molecule has 2 amide bonds. The Morgan fingerprint density at radius 1 is 1.14 bits per heavy atom. The van der Waals surface area contributed by atoms with E-state index in [9.17, 15) is 9.59 Å². The largest absolute Gasteiger partial charge is 0.486 e. The van der Waals surface area contributed by atoms with Crippen LogP contribution < -0.4 is 14.8 Å². The van der Waals surface area contributed by atoms with Crippen LogP contribution in [0.1, 0.15) is 16.1 Å². The van der Waals surface area contributed by atoms with Crippen molar-refractivity contribution in [3.8, 4) is 11.5 Å². The number of amides is 2. The molecule has 2 aromatic rings. The molecule has 0 atom stereocenters. The predicted molar refractivity (Wildman–Crippen MR) is 99.6 cm³/mol. The third kappa shape index (κ3) is 3.94. The van der Waals surface area contributed by atoms with Crippen LogP contribution in [-0.2, 0) is 4.79 Å². The summed E-state index contributed by atoms with van der Waals surface area (Å²) in [5.41, 5.74) is 0.518. The first kappa shape index (κ1) is 18.3. The minimum Gasteiger partial charge on any atom is -0.486 e. The molecule has 0 aliphatic carbocycles. The zero-order valence-electron chi connectivity index (χ0n) is 15.6. The molecule has 148 valence electrons. The van der Waals surface area contributed by atoms with E-state index in [1.165, 1.54) is 0 Å². The smallest absolute Gasteiger partial charge is 0.257 e. The topological polar surface area (TPSA) is 97.1 Å². The standard InChI is InChI=1S/C19H22N4O5/c1-13-11-16(21-28-13)20-17(24)12-22-5-7-23(8-6-22)19(25)14-3-2-4-15-18(14)27-10-9-26-15/h2-4,11H,5-10,12H2,1H3,(H,20,21,24). The molecule has 1 aromatic heterocycles. The number of anilines is 1. The number of hydrogen-bond acceptors (Lipinski definition) is 7. The molecule has 1 N–H and O–H groups in total. The van der Waals surface area contributed by atoms with Gasteiger partial charge in [0.15, 0.2) is 17.3 Å². The quantitative estimate of drug-likeness (QED) is 0.842. The SMILES string of the molecule is Cc1cc(NC(=O)CN2CCN(C(=O)c3cccc4c3OCCO4)CC2)no1. The zero-order chi connectivity index (χ0) is 19.5. The lowest BCUT2D eigenvalue weighted by molar-refractivity contribution is -0.117. The first-order valence-electron chi connectivity index (χ1n) is 9.23. The molecular formula is C19H22N4O5. The lowest BCUT2D eigenvalue weighted by Crippen LogP contribution is -2.50. The number of aromatic nitrogens is 1. The molecule has 0 saturated carbocycles. The lowest BCUT2D eigenvalue weighted by atomic mass is 10.1. The fraction of sp³-hybridized carbons (Fsp3) is 0.421. The summed E-state index contributed by atoms with van der Waals surface area (Å²) in [5, 5.41) is 6.46. The second-order valence-corrected chi connectivity index (χ2v) is 6.77.